The van der Waals surface area contributed by atoms with Gasteiger partial charge in [-0.1, -0.05) is 84.6 Å². The third-order valence-electron chi connectivity index (χ3n) is 6.38. The van der Waals surface area contributed by atoms with Crippen molar-refractivity contribution in [3.63, 3.8) is 0 Å². The second-order valence-corrected chi connectivity index (χ2v) is 10.1. The number of nitrogens with zero attached hydrogens (tertiary/aromatic N) is 1. The number of amides is 2. The van der Waals surface area contributed by atoms with Crippen molar-refractivity contribution < 1.29 is 23.9 Å². The first-order chi connectivity index (χ1) is 17.4. The van der Waals surface area contributed by atoms with Crippen molar-refractivity contribution in [2.45, 2.75) is 97.4 Å². The summed E-state index contributed by atoms with van der Waals surface area (Å²) in [4.78, 5) is 39.7. The van der Waals surface area contributed by atoms with E-state index in [9.17, 15) is 14.4 Å². The fourth-order valence-corrected chi connectivity index (χ4v) is 4.30. The fourth-order valence-electron chi connectivity index (χ4n) is 4.30. The van der Waals surface area contributed by atoms with Gasteiger partial charge in [0.05, 0.1) is 19.6 Å². The molecule has 7 heteroatoms. The lowest BCUT2D eigenvalue weighted by molar-refractivity contribution is -0.147. The molecule has 7 nitrogen and oxygen atoms in total. The van der Waals surface area contributed by atoms with E-state index in [2.05, 4.69) is 26.1 Å². The molecule has 1 aromatic rings. The summed E-state index contributed by atoms with van der Waals surface area (Å²) < 4.78 is 11.1. The quantitative estimate of drug-likeness (QED) is 0.224. The normalized spacial score (nSPS) is 15.6. The second-order valence-electron chi connectivity index (χ2n) is 10.1. The number of carbonyl (C=O) groups is 3. The van der Waals surface area contributed by atoms with Crippen LogP contribution >= 0.6 is 0 Å². The van der Waals surface area contributed by atoms with Crippen LogP contribution in [-0.2, 0) is 14.3 Å². The van der Waals surface area contributed by atoms with Crippen LogP contribution in [0.1, 0.15) is 102 Å². The summed E-state index contributed by atoms with van der Waals surface area (Å²) in [5.74, 6) is -0.0702. The zero-order chi connectivity index (χ0) is 26.2. The Hall–Kier alpha value is -2.57. The molecule has 2 rings (SSSR count). The molecule has 1 unspecified atom stereocenters. The molecule has 0 aliphatic carbocycles. The molecule has 0 spiro atoms. The van der Waals surface area contributed by atoms with Gasteiger partial charge in [0, 0.05) is 18.7 Å². The van der Waals surface area contributed by atoms with Crippen molar-refractivity contribution >= 4 is 17.8 Å². The molecule has 0 aromatic heterocycles. The van der Waals surface area contributed by atoms with Crippen LogP contribution < -0.4 is 10.1 Å². The molecular weight excluding hydrogens is 456 g/mol. The Labute approximate surface area is 217 Å². The summed E-state index contributed by atoms with van der Waals surface area (Å²) in [7, 11) is 0. The van der Waals surface area contributed by atoms with E-state index >= 15 is 0 Å². The molecule has 0 radical (unpaired) electrons. The number of esters is 1. The van der Waals surface area contributed by atoms with Crippen LogP contribution in [0.15, 0.2) is 24.3 Å². The van der Waals surface area contributed by atoms with Gasteiger partial charge in [-0.3, -0.25) is 14.4 Å². The molecule has 1 aliphatic rings. The second kappa shape index (κ2) is 17.0. The fraction of sp³-hybridized carbons (Fsp3) is 0.690. The molecule has 0 saturated carbocycles. The Morgan fingerprint density at radius 2 is 1.69 bits per heavy atom. The highest BCUT2D eigenvalue weighted by atomic mass is 16.5. The summed E-state index contributed by atoms with van der Waals surface area (Å²) in [5, 5.41) is 2.76. The maximum atomic E-state index is 13.2. The Morgan fingerprint density at radius 1 is 1.03 bits per heavy atom. The first-order valence-electron chi connectivity index (χ1n) is 13.9. The van der Waals surface area contributed by atoms with Gasteiger partial charge in [0.15, 0.2) is 0 Å². The van der Waals surface area contributed by atoms with Crippen LogP contribution in [0.5, 0.6) is 5.75 Å². The number of nitrogens with one attached hydrogen (secondary N) is 1. The third kappa shape index (κ3) is 11.0. The topological polar surface area (TPSA) is 84.9 Å². The molecule has 2 amide bonds. The van der Waals surface area contributed by atoms with Crippen molar-refractivity contribution in [1.29, 1.82) is 0 Å². The number of hydrogen-bond acceptors (Lipinski definition) is 5. The van der Waals surface area contributed by atoms with Crippen LogP contribution in [0.25, 0.3) is 0 Å². The van der Waals surface area contributed by atoms with Crippen LogP contribution in [0.4, 0.5) is 0 Å². The van der Waals surface area contributed by atoms with Crippen molar-refractivity contribution in [3.8, 4) is 5.75 Å². The van der Waals surface area contributed by atoms with Crippen molar-refractivity contribution in [1.82, 2.24) is 10.2 Å². The molecule has 202 valence electrons. The molecule has 1 fully saturated rings. The van der Waals surface area contributed by atoms with E-state index in [1.165, 1.54) is 49.8 Å². The van der Waals surface area contributed by atoms with E-state index in [0.29, 0.717) is 43.5 Å². The molecule has 1 atom stereocenters. The Kier molecular flexibility index (Phi) is 14.0. The first-order valence-corrected chi connectivity index (χ1v) is 13.9. The van der Waals surface area contributed by atoms with E-state index in [0.717, 1.165) is 19.3 Å². The van der Waals surface area contributed by atoms with E-state index in [1.54, 1.807) is 18.2 Å². The average Bonchev–Trinajstić information content (AvgIpc) is 2.87. The maximum Gasteiger partial charge on any atom is 0.308 e. The van der Waals surface area contributed by atoms with Crippen LogP contribution in [-0.4, -0.2) is 55.0 Å². The predicted octanol–water partition coefficient (Wildman–Crippen LogP) is 5.52. The van der Waals surface area contributed by atoms with Crippen molar-refractivity contribution in [3.05, 3.63) is 29.8 Å². The van der Waals surface area contributed by atoms with Gasteiger partial charge in [-0.25, -0.2) is 0 Å². The lowest BCUT2D eigenvalue weighted by Crippen LogP contribution is -2.57. The van der Waals surface area contributed by atoms with E-state index in [4.69, 9.17) is 9.47 Å². The molecule has 1 heterocycles. The van der Waals surface area contributed by atoms with Crippen molar-refractivity contribution in [2.75, 3.05) is 26.3 Å². The molecule has 0 bridgehead atoms. The summed E-state index contributed by atoms with van der Waals surface area (Å²) in [6.45, 7) is 7.96. The zero-order valence-corrected chi connectivity index (χ0v) is 22.6. The number of ether oxygens (including phenoxy) is 2. The number of benzene rings is 1. The first kappa shape index (κ1) is 29.7. The summed E-state index contributed by atoms with van der Waals surface area (Å²) in [6.07, 6.45) is 12.0. The predicted molar refractivity (Wildman–Crippen MR) is 142 cm³/mol. The van der Waals surface area contributed by atoms with E-state index in [1.807, 2.05) is 6.07 Å². The highest BCUT2D eigenvalue weighted by Crippen LogP contribution is 2.19. The third-order valence-corrected chi connectivity index (χ3v) is 6.38. The Balaban J connectivity index is 1.76. The van der Waals surface area contributed by atoms with Crippen molar-refractivity contribution in [2.24, 2.45) is 5.92 Å². The van der Waals surface area contributed by atoms with Gasteiger partial charge < -0.3 is 19.7 Å². The summed E-state index contributed by atoms with van der Waals surface area (Å²) in [5.41, 5.74) is 0.440. The summed E-state index contributed by atoms with van der Waals surface area (Å²) >= 11 is 0. The molecule has 36 heavy (non-hydrogen) atoms. The van der Waals surface area contributed by atoms with E-state index < -0.39 is 12.0 Å². The highest BCUT2D eigenvalue weighted by Gasteiger charge is 2.35. The van der Waals surface area contributed by atoms with Crippen LogP contribution in [0.3, 0.4) is 0 Å². The lowest BCUT2D eigenvalue weighted by Gasteiger charge is -2.34. The van der Waals surface area contributed by atoms with Gasteiger partial charge in [-0.2, -0.15) is 0 Å². The smallest absolute Gasteiger partial charge is 0.308 e. The number of carbonyl (C=O) groups excluding carboxylic acids is 3. The van der Waals surface area contributed by atoms with E-state index in [-0.39, 0.29) is 18.2 Å². The van der Waals surface area contributed by atoms with Gasteiger partial charge >= 0.3 is 5.97 Å². The SMILES string of the molecule is CCCCCCCCCCCCOC(=O)CC1C(=O)NCCN1C(=O)c1cccc(OCC(C)C)c1. The van der Waals surface area contributed by atoms with Gasteiger partial charge in [-0.05, 0) is 30.5 Å². The minimum Gasteiger partial charge on any atom is -0.493 e. The summed E-state index contributed by atoms with van der Waals surface area (Å²) in [6, 6.07) is 6.11. The number of hydrogen-bond donors (Lipinski definition) is 1. The van der Waals surface area contributed by atoms with Gasteiger partial charge in [0.25, 0.3) is 5.91 Å². The molecule has 1 saturated heterocycles. The number of piperazine rings is 1. The highest BCUT2D eigenvalue weighted by molar-refractivity contribution is 5.99. The number of unbranched alkanes of at least 4 members (excludes halogenated alkanes) is 9. The van der Waals surface area contributed by atoms with Gasteiger partial charge in [0.1, 0.15) is 11.8 Å². The lowest BCUT2D eigenvalue weighted by atomic mass is 10.1. The molecule has 1 aliphatic heterocycles. The average molecular weight is 503 g/mol. The van der Waals surface area contributed by atoms with Gasteiger partial charge in [0.2, 0.25) is 5.91 Å². The Morgan fingerprint density at radius 3 is 2.36 bits per heavy atom. The van der Waals surface area contributed by atoms with Crippen LogP contribution in [0.2, 0.25) is 0 Å². The minimum atomic E-state index is -0.869. The molecule has 1 N–H and O–H groups in total. The maximum absolute atomic E-state index is 13.2. The standard InChI is InChI=1S/C29H46N2O5/c1-4-5-6-7-8-9-10-11-12-13-19-35-27(32)21-26-28(33)30-17-18-31(26)29(34)24-15-14-16-25(20-24)36-22-23(2)3/h14-16,20,23,26H,4-13,17-19,21-22H2,1-3H3,(H,30,33). The zero-order valence-electron chi connectivity index (χ0n) is 22.6. The van der Waals surface area contributed by atoms with Gasteiger partial charge in [-0.15, -0.1) is 0 Å². The largest absolute Gasteiger partial charge is 0.493 e. The minimum absolute atomic E-state index is 0.140. The molecule has 1 aromatic carbocycles. The Bertz CT molecular complexity index is 811. The number of rotatable bonds is 17. The van der Waals surface area contributed by atoms with Crippen LogP contribution in [0, 0.1) is 5.92 Å². The monoisotopic (exact) mass is 502 g/mol. The molecular formula is C29H46N2O5.